The van der Waals surface area contributed by atoms with E-state index >= 15 is 0 Å². The number of aromatic nitrogens is 1. The van der Waals surface area contributed by atoms with Crippen molar-refractivity contribution in [3.05, 3.63) is 64.1 Å². The van der Waals surface area contributed by atoms with Crippen molar-refractivity contribution in [3.63, 3.8) is 0 Å². The van der Waals surface area contributed by atoms with Crippen molar-refractivity contribution in [1.82, 2.24) is 9.88 Å². The van der Waals surface area contributed by atoms with Gasteiger partial charge in [-0.2, -0.15) is 0 Å². The van der Waals surface area contributed by atoms with Crippen LogP contribution in [-0.4, -0.2) is 43.2 Å². The number of pyridine rings is 1. The van der Waals surface area contributed by atoms with Gasteiger partial charge in [0.1, 0.15) is 12.2 Å². The molecular weight excluding hydrogens is 462 g/mol. The highest BCUT2D eigenvalue weighted by molar-refractivity contribution is 7.91. The van der Waals surface area contributed by atoms with Crippen LogP contribution in [0.25, 0.3) is 0 Å². The van der Waals surface area contributed by atoms with Crippen molar-refractivity contribution >= 4 is 33.3 Å². The lowest BCUT2D eigenvalue weighted by Crippen LogP contribution is -2.47. The van der Waals surface area contributed by atoms with Gasteiger partial charge in [0.2, 0.25) is 21.7 Å². The van der Waals surface area contributed by atoms with Crippen LogP contribution in [0, 0.1) is 6.92 Å². The molecule has 6 N–H and O–H groups in total. The number of aryl methyl sites for hydroxylation is 1. The summed E-state index contributed by atoms with van der Waals surface area (Å²) in [5.74, 6) is -3.17. The molecule has 184 valence electrons. The molecule has 1 atom stereocenters. The highest BCUT2D eigenvalue weighted by Gasteiger charge is 2.25. The molecule has 0 aliphatic heterocycles. The van der Waals surface area contributed by atoms with Crippen molar-refractivity contribution in [2.24, 2.45) is 11.5 Å². The van der Waals surface area contributed by atoms with Crippen LogP contribution in [0.2, 0.25) is 0 Å². The molecule has 2 aromatic rings. The van der Waals surface area contributed by atoms with Gasteiger partial charge in [0.15, 0.2) is 0 Å². The normalized spacial score (nSPS) is 12.1. The highest BCUT2D eigenvalue weighted by Crippen LogP contribution is 2.11. The zero-order valence-corrected chi connectivity index (χ0v) is 19.6. The molecule has 0 aliphatic rings. The highest BCUT2D eigenvalue weighted by atomic mass is 32.2. The first kappa shape index (κ1) is 26.7. The first-order chi connectivity index (χ1) is 16.0. The summed E-state index contributed by atoms with van der Waals surface area (Å²) in [6.45, 7) is 1.47. The van der Waals surface area contributed by atoms with Crippen molar-refractivity contribution in [2.75, 3.05) is 11.3 Å². The first-order valence-corrected chi connectivity index (χ1v) is 12.3. The number of ketones is 1. The predicted octanol–water partition coefficient (Wildman–Crippen LogP) is -0.233. The molecule has 2 amide bonds. The maximum atomic E-state index is 12.9. The molecule has 0 fully saturated rings. The molecule has 1 heterocycles. The number of benzene rings is 1. The van der Waals surface area contributed by atoms with Crippen molar-refractivity contribution in [3.8, 4) is 0 Å². The summed E-state index contributed by atoms with van der Waals surface area (Å²) in [6, 6.07) is 10.1. The minimum atomic E-state index is -3.89. The van der Waals surface area contributed by atoms with Crippen LogP contribution in [0.15, 0.2) is 47.3 Å². The smallest absolute Gasteiger partial charge is 0.287 e. The number of primary amides is 1. The van der Waals surface area contributed by atoms with E-state index in [1.54, 1.807) is 37.3 Å². The number of nitrogens with two attached hydrogens (primary N) is 2. The molecule has 0 saturated carbocycles. The van der Waals surface area contributed by atoms with Crippen LogP contribution in [0.1, 0.15) is 30.5 Å². The summed E-state index contributed by atoms with van der Waals surface area (Å²) in [7, 11) is -3.89. The minimum Gasteiger partial charge on any atom is -0.363 e. The third kappa shape index (κ3) is 7.81. The lowest BCUT2D eigenvalue weighted by atomic mass is 10.0. The number of carbonyl (C=O) groups is 3. The number of nitrogens with one attached hydrogen (secondary N) is 2. The Bertz CT molecular complexity index is 1190. The van der Waals surface area contributed by atoms with E-state index in [9.17, 15) is 27.6 Å². The molecule has 1 aromatic carbocycles. The van der Waals surface area contributed by atoms with Gasteiger partial charge in [0.25, 0.3) is 11.5 Å². The monoisotopic (exact) mass is 491 g/mol. The Morgan fingerprint density at radius 1 is 1.06 bits per heavy atom. The van der Waals surface area contributed by atoms with Gasteiger partial charge < -0.3 is 21.4 Å². The van der Waals surface area contributed by atoms with Gasteiger partial charge in [-0.1, -0.05) is 30.3 Å². The van der Waals surface area contributed by atoms with Gasteiger partial charge >= 0.3 is 0 Å². The van der Waals surface area contributed by atoms with Crippen molar-refractivity contribution < 1.29 is 22.8 Å². The number of nitrogens with zero attached hydrogens (tertiary/aromatic N) is 1. The van der Waals surface area contributed by atoms with Gasteiger partial charge in [-0.3, -0.25) is 23.9 Å². The molecular formula is C22H29N5O6S. The zero-order valence-electron chi connectivity index (χ0n) is 18.8. The lowest BCUT2D eigenvalue weighted by Gasteiger charge is -2.18. The van der Waals surface area contributed by atoms with Gasteiger partial charge in [-0.15, -0.1) is 0 Å². The summed E-state index contributed by atoms with van der Waals surface area (Å²) in [5, 5.41) is 2.43. The third-order valence-corrected chi connectivity index (χ3v) is 6.24. The van der Waals surface area contributed by atoms with Gasteiger partial charge in [-0.25, -0.2) is 8.42 Å². The van der Waals surface area contributed by atoms with E-state index in [0.717, 1.165) is 4.57 Å². The van der Waals surface area contributed by atoms with E-state index in [4.69, 9.17) is 11.5 Å². The second-order valence-electron chi connectivity index (χ2n) is 7.76. The number of hydrogen-bond acceptors (Lipinski definition) is 7. The van der Waals surface area contributed by atoms with Crippen LogP contribution < -0.4 is 27.1 Å². The number of unbranched alkanes of at least 4 members (excludes halogenated alkanes) is 1. The fraction of sp³-hybridized carbons (Fsp3) is 0.364. The van der Waals surface area contributed by atoms with E-state index in [1.807, 2.05) is 0 Å². The summed E-state index contributed by atoms with van der Waals surface area (Å²) in [6.07, 6.45) is 1.23. The predicted molar refractivity (Wildman–Crippen MR) is 127 cm³/mol. The number of hydrogen-bond donors (Lipinski definition) is 4. The van der Waals surface area contributed by atoms with E-state index in [0.29, 0.717) is 30.6 Å². The number of sulfonamides is 1. The molecule has 0 unspecified atom stereocenters. The number of rotatable bonds is 13. The quantitative estimate of drug-likeness (QED) is 0.220. The van der Waals surface area contributed by atoms with Crippen LogP contribution in [0.5, 0.6) is 0 Å². The fourth-order valence-corrected chi connectivity index (χ4v) is 4.45. The Morgan fingerprint density at radius 2 is 1.74 bits per heavy atom. The number of carbonyl (C=O) groups excluding carboxylic acids is 3. The average Bonchev–Trinajstić information content (AvgIpc) is 2.77. The number of anilines is 1. The topological polar surface area (TPSA) is 183 Å². The minimum absolute atomic E-state index is 0.165. The molecule has 0 bridgehead atoms. The number of Topliss-reactive ketones (excluding diaryl/α,β-unsaturated/α-hetero) is 1. The standard InChI is InChI=1S/C22H29N5O6S/c1-15-10-11-18(26-34(32,33)14-16-7-3-2-4-8-16)22(31)27(15)13-19(28)25-17(9-5-6-12-23)20(29)21(24)30/h2-4,7-8,10-11,17,26H,5-6,9,12-14,23H2,1H3,(H2,24,30)(H,25,28)/t17-/m0/s1. The average molecular weight is 492 g/mol. The van der Waals surface area contributed by atoms with E-state index in [-0.39, 0.29) is 17.9 Å². The molecule has 0 radical (unpaired) electrons. The van der Waals surface area contributed by atoms with Crippen LogP contribution in [0.4, 0.5) is 5.69 Å². The Morgan fingerprint density at radius 3 is 2.35 bits per heavy atom. The van der Waals surface area contributed by atoms with Crippen LogP contribution in [0.3, 0.4) is 0 Å². The SMILES string of the molecule is Cc1ccc(NS(=O)(=O)Cc2ccccc2)c(=O)n1CC(=O)N[C@@H](CCCCN)C(=O)C(N)=O. The summed E-state index contributed by atoms with van der Waals surface area (Å²) in [4.78, 5) is 48.8. The molecule has 0 aliphatic carbocycles. The Hall–Kier alpha value is -3.51. The Kier molecular flexibility index (Phi) is 9.51. The summed E-state index contributed by atoms with van der Waals surface area (Å²) < 4.78 is 28.4. The molecule has 11 nitrogen and oxygen atoms in total. The Balaban J connectivity index is 2.18. The maximum absolute atomic E-state index is 12.9. The fourth-order valence-electron chi connectivity index (χ4n) is 3.26. The molecule has 0 spiro atoms. The van der Waals surface area contributed by atoms with Gasteiger partial charge in [0.05, 0.1) is 11.8 Å². The summed E-state index contributed by atoms with van der Waals surface area (Å²) in [5.41, 5.74) is 10.5. The Labute approximate surface area is 197 Å². The van der Waals surface area contributed by atoms with Gasteiger partial charge in [0, 0.05) is 5.69 Å². The lowest BCUT2D eigenvalue weighted by molar-refractivity contribution is -0.138. The second kappa shape index (κ2) is 12.1. The molecule has 1 aromatic heterocycles. The van der Waals surface area contributed by atoms with Crippen molar-refractivity contribution in [2.45, 2.75) is 44.5 Å². The van der Waals surface area contributed by atoms with E-state index < -0.39 is 45.8 Å². The van der Waals surface area contributed by atoms with Crippen molar-refractivity contribution in [1.29, 1.82) is 0 Å². The molecule has 12 heteroatoms. The zero-order chi connectivity index (χ0) is 25.3. The maximum Gasteiger partial charge on any atom is 0.287 e. The van der Waals surface area contributed by atoms with Crippen LogP contribution in [-0.2, 0) is 36.7 Å². The second-order valence-corrected chi connectivity index (χ2v) is 9.48. The van der Waals surface area contributed by atoms with Crippen LogP contribution >= 0.6 is 0 Å². The first-order valence-electron chi connectivity index (χ1n) is 10.6. The van der Waals surface area contributed by atoms with E-state index in [2.05, 4.69) is 10.0 Å². The molecule has 2 rings (SSSR count). The van der Waals surface area contributed by atoms with E-state index in [1.165, 1.54) is 12.1 Å². The summed E-state index contributed by atoms with van der Waals surface area (Å²) >= 11 is 0. The third-order valence-electron chi connectivity index (χ3n) is 5.00. The molecule has 34 heavy (non-hydrogen) atoms. The number of amides is 2. The molecule has 0 saturated heterocycles. The largest absolute Gasteiger partial charge is 0.363 e. The van der Waals surface area contributed by atoms with Gasteiger partial charge in [-0.05, 0) is 50.4 Å².